The number of primary amides is 1. The zero-order valence-corrected chi connectivity index (χ0v) is 12.7. The Morgan fingerprint density at radius 2 is 2.00 bits per heavy atom. The van der Waals surface area contributed by atoms with Crippen LogP contribution in [0.5, 0.6) is 5.75 Å². The first-order chi connectivity index (χ1) is 8.81. The highest BCUT2D eigenvalue weighted by Gasteiger charge is 2.29. The second kappa shape index (κ2) is 6.61. The molecular weight excluding hydrogens is 310 g/mol. The smallest absolute Gasteiger partial charge is 0.405 e. The van der Waals surface area contributed by atoms with E-state index in [1.807, 2.05) is 31.2 Å². The third-order valence-electron chi connectivity index (χ3n) is 2.38. The van der Waals surface area contributed by atoms with Gasteiger partial charge in [-0.15, -0.1) is 0 Å². The second-order valence-electron chi connectivity index (χ2n) is 4.75. The van der Waals surface area contributed by atoms with Gasteiger partial charge in [0.2, 0.25) is 0 Å². The number of benzene rings is 1. The summed E-state index contributed by atoms with van der Waals surface area (Å²) in [6.07, 6.45) is -0.324. The molecule has 0 heterocycles. The van der Waals surface area contributed by atoms with E-state index >= 15 is 0 Å². The van der Waals surface area contributed by atoms with Gasteiger partial charge in [0, 0.05) is 10.9 Å². The highest BCUT2D eigenvalue weighted by molar-refractivity contribution is 9.10. The van der Waals surface area contributed by atoms with E-state index in [4.69, 9.17) is 15.2 Å². The molecule has 104 valence electrons. The van der Waals surface area contributed by atoms with Gasteiger partial charge in [0.25, 0.3) is 0 Å². The SMILES string of the molecule is C=C(C)C[C@@](C)(COc1ccc(Br)cc1)OC(N)=O. The maximum absolute atomic E-state index is 11.0. The first-order valence-corrected chi connectivity index (χ1v) is 6.61. The van der Waals surface area contributed by atoms with Crippen LogP contribution in [0.2, 0.25) is 0 Å². The van der Waals surface area contributed by atoms with Crippen molar-refractivity contribution < 1.29 is 14.3 Å². The Bertz CT molecular complexity index is 440. The molecule has 19 heavy (non-hydrogen) atoms. The van der Waals surface area contributed by atoms with E-state index in [2.05, 4.69) is 22.5 Å². The lowest BCUT2D eigenvalue weighted by Gasteiger charge is -2.28. The Kier molecular flexibility index (Phi) is 5.42. The highest BCUT2D eigenvalue weighted by atomic mass is 79.9. The molecule has 0 unspecified atom stereocenters. The first kappa shape index (κ1) is 15.6. The molecule has 1 rings (SSSR count). The average molecular weight is 328 g/mol. The van der Waals surface area contributed by atoms with Gasteiger partial charge in [-0.3, -0.25) is 0 Å². The maximum Gasteiger partial charge on any atom is 0.405 e. The summed E-state index contributed by atoms with van der Waals surface area (Å²) in [6.45, 7) is 7.67. The van der Waals surface area contributed by atoms with Crippen molar-refractivity contribution in [3.05, 3.63) is 40.9 Å². The lowest BCUT2D eigenvalue weighted by atomic mass is 9.99. The average Bonchev–Trinajstić information content (AvgIpc) is 2.26. The van der Waals surface area contributed by atoms with Crippen LogP contribution < -0.4 is 10.5 Å². The van der Waals surface area contributed by atoms with Gasteiger partial charge in [-0.2, -0.15) is 0 Å². The number of carbonyl (C=O) groups is 1. The molecule has 2 N–H and O–H groups in total. The summed E-state index contributed by atoms with van der Waals surface area (Å²) in [6, 6.07) is 7.41. The zero-order valence-electron chi connectivity index (χ0n) is 11.1. The van der Waals surface area contributed by atoms with Crippen LogP contribution in [0.1, 0.15) is 20.3 Å². The van der Waals surface area contributed by atoms with E-state index in [1.165, 1.54) is 0 Å². The number of hydrogen-bond donors (Lipinski definition) is 1. The number of amides is 1. The fourth-order valence-electron chi connectivity index (χ4n) is 1.76. The van der Waals surface area contributed by atoms with Crippen molar-refractivity contribution >= 4 is 22.0 Å². The number of carbonyl (C=O) groups excluding carboxylic acids is 1. The number of halogens is 1. The van der Waals surface area contributed by atoms with Crippen molar-refractivity contribution in [2.24, 2.45) is 5.73 Å². The molecule has 0 saturated heterocycles. The fraction of sp³-hybridized carbons (Fsp3) is 0.357. The van der Waals surface area contributed by atoms with Crippen molar-refractivity contribution in [3.8, 4) is 5.75 Å². The van der Waals surface area contributed by atoms with Crippen LogP contribution in [0.25, 0.3) is 0 Å². The number of hydrogen-bond acceptors (Lipinski definition) is 3. The van der Waals surface area contributed by atoms with Crippen molar-refractivity contribution in [1.82, 2.24) is 0 Å². The van der Waals surface area contributed by atoms with Crippen molar-refractivity contribution in [2.75, 3.05) is 6.61 Å². The van der Waals surface area contributed by atoms with Gasteiger partial charge in [-0.05, 0) is 38.1 Å². The molecule has 0 radical (unpaired) electrons. The van der Waals surface area contributed by atoms with Crippen molar-refractivity contribution in [2.45, 2.75) is 25.9 Å². The molecular formula is C14H18BrNO3. The van der Waals surface area contributed by atoms with E-state index in [9.17, 15) is 4.79 Å². The van der Waals surface area contributed by atoms with Gasteiger partial charge in [-0.25, -0.2) is 4.79 Å². The molecule has 1 atom stereocenters. The van der Waals surface area contributed by atoms with E-state index in [-0.39, 0.29) is 6.61 Å². The van der Waals surface area contributed by atoms with Crippen LogP contribution in [0, 0.1) is 0 Å². The predicted octanol–water partition coefficient (Wildman–Crippen LogP) is 3.65. The van der Waals surface area contributed by atoms with Gasteiger partial charge in [0.15, 0.2) is 0 Å². The van der Waals surface area contributed by atoms with Crippen molar-refractivity contribution in [1.29, 1.82) is 0 Å². The lowest BCUT2D eigenvalue weighted by molar-refractivity contribution is -0.00420. The normalized spacial score (nSPS) is 13.4. The summed E-state index contributed by atoms with van der Waals surface area (Å²) in [5.41, 5.74) is 5.17. The summed E-state index contributed by atoms with van der Waals surface area (Å²) in [7, 11) is 0. The van der Waals surface area contributed by atoms with E-state index in [1.54, 1.807) is 6.92 Å². The molecule has 0 aliphatic rings. The number of ether oxygens (including phenoxy) is 2. The molecule has 4 nitrogen and oxygen atoms in total. The summed E-state index contributed by atoms with van der Waals surface area (Å²) in [5.74, 6) is 0.698. The molecule has 5 heteroatoms. The van der Waals surface area contributed by atoms with Crippen LogP contribution in [-0.4, -0.2) is 18.3 Å². The molecule has 1 aromatic rings. The summed E-state index contributed by atoms with van der Waals surface area (Å²) >= 11 is 3.35. The molecule has 0 saturated carbocycles. The predicted molar refractivity (Wildman–Crippen MR) is 78.1 cm³/mol. The van der Waals surface area contributed by atoms with Gasteiger partial charge in [0.1, 0.15) is 18.0 Å². The largest absolute Gasteiger partial charge is 0.489 e. The molecule has 0 aliphatic heterocycles. The molecule has 0 aromatic heterocycles. The quantitative estimate of drug-likeness (QED) is 0.811. The molecule has 1 amide bonds. The minimum atomic E-state index is -0.817. The first-order valence-electron chi connectivity index (χ1n) is 5.82. The Hall–Kier alpha value is -1.49. The van der Waals surface area contributed by atoms with Crippen LogP contribution >= 0.6 is 15.9 Å². The van der Waals surface area contributed by atoms with Gasteiger partial charge < -0.3 is 15.2 Å². The zero-order chi connectivity index (χ0) is 14.5. The molecule has 0 aliphatic carbocycles. The van der Waals surface area contributed by atoms with Crippen LogP contribution in [0.3, 0.4) is 0 Å². The highest BCUT2D eigenvalue weighted by Crippen LogP contribution is 2.23. The number of rotatable bonds is 6. The third-order valence-corrected chi connectivity index (χ3v) is 2.91. The Morgan fingerprint density at radius 1 is 1.42 bits per heavy atom. The van der Waals surface area contributed by atoms with E-state index < -0.39 is 11.7 Å². The van der Waals surface area contributed by atoms with Gasteiger partial charge >= 0.3 is 6.09 Å². The number of nitrogens with two attached hydrogens (primary N) is 1. The van der Waals surface area contributed by atoms with Crippen LogP contribution in [0.15, 0.2) is 40.9 Å². The fourth-order valence-corrected chi connectivity index (χ4v) is 2.03. The summed E-state index contributed by atoms with van der Waals surface area (Å²) in [5, 5.41) is 0. The van der Waals surface area contributed by atoms with Gasteiger partial charge in [0.05, 0.1) is 0 Å². The molecule has 0 fully saturated rings. The van der Waals surface area contributed by atoms with E-state index in [0.717, 1.165) is 10.0 Å². The monoisotopic (exact) mass is 327 g/mol. The Morgan fingerprint density at radius 3 is 2.47 bits per heavy atom. The van der Waals surface area contributed by atoms with Gasteiger partial charge in [-0.1, -0.05) is 28.1 Å². The summed E-state index contributed by atoms with van der Waals surface area (Å²) in [4.78, 5) is 11.0. The molecule has 1 aromatic carbocycles. The standard InChI is InChI=1S/C14H18BrNO3/c1-10(2)8-14(3,19-13(16)17)9-18-12-6-4-11(15)5-7-12/h4-7H,1,8-9H2,2-3H3,(H2,16,17)/t14-/m0/s1. The Balaban J connectivity index is 2.69. The summed E-state index contributed by atoms with van der Waals surface area (Å²) < 4.78 is 11.7. The minimum absolute atomic E-state index is 0.213. The minimum Gasteiger partial charge on any atom is -0.489 e. The topological polar surface area (TPSA) is 61.6 Å². The molecule has 0 bridgehead atoms. The second-order valence-corrected chi connectivity index (χ2v) is 5.66. The van der Waals surface area contributed by atoms with E-state index in [0.29, 0.717) is 12.2 Å². The molecule has 0 spiro atoms. The maximum atomic E-state index is 11.0. The Labute approximate surface area is 121 Å². The lowest BCUT2D eigenvalue weighted by Crippen LogP contribution is -2.40. The van der Waals surface area contributed by atoms with Crippen molar-refractivity contribution in [3.63, 3.8) is 0 Å². The third kappa shape index (κ3) is 5.79. The van der Waals surface area contributed by atoms with Crippen LogP contribution in [0.4, 0.5) is 4.79 Å². The van der Waals surface area contributed by atoms with Crippen LogP contribution in [-0.2, 0) is 4.74 Å².